The van der Waals surface area contributed by atoms with Crippen molar-refractivity contribution in [3.8, 4) is 5.75 Å². The number of aryl methyl sites for hydroxylation is 1. The highest BCUT2D eigenvalue weighted by molar-refractivity contribution is 6.30. The topological polar surface area (TPSA) is 96.8 Å². The van der Waals surface area contributed by atoms with Crippen molar-refractivity contribution in [2.75, 3.05) is 37.8 Å². The van der Waals surface area contributed by atoms with Crippen molar-refractivity contribution in [3.63, 3.8) is 0 Å². The molecule has 1 amide bonds. The van der Waals surface area contributed by atoms with Crippen LogP contribution >= 0.6 is 11.6 Å². The first kappa shape index (κ1) is 23.7. The lowest BCUT2D eigenvalue weighted by molar-refractivity contribution is 0.0885. The Morgan fingerprint density at radius 1 is 1.27 bits per heavy atom. The summed E-state index contributed by atoms with van der Waals surface area (Å²) in [6.07, 6.45) is 6.98. The second-order valence-electron chi connectivity index (χ2n) is 8.78. The minimum Gasteiger partial charge on any atom is -0.494 e. The molecule has 1 aromatic heterocycles. The Kier molecular flexibility index (Phi) is 8.01. The van der Waals surface area contributed by atoms with Gasteiger partial charge in [0.2, 0.25) is 5.95 Å². The fourth-order valence-electron chi connectivity index (χ4n) is 4.36. The van der Waals surface area contributed by atoms with Gasteiger partial charge >= 0.3 is 0 Å². The highest BCUT2D eigenvalue weighted by Gasteiger charge is 2.28. The van der Waals surface area contributed by atoms with Gasteiger partial charge in [0.25, 0.3) is 5.91 Å². The Morgan fingerprint density at radius 2 is 2.03 bits per heavy atom. The third-order valence-corrected chi connectivity index (χ3v) is 6.53. The van der Waals surface area contributed by atoms with Gasteiger partial charge in [-0.25, -0.2) is 9.97 Å². The molecule has 2 atom stereocenters. The Hall–Kier alpha value is -2.42. The molecule has 4 rings (SSSR count). The zero-order valence-electron chi connectivity index (χ0n) is 18.9. The summed E-state index contributed by atoms with van der Waals surface area (Å²) in [6.45, 7) is 5.05. The number of nitrogens with zero attached hydrogens (tertiary/aromatic N) is 3. The molecule has 9 heteroatoms. The summed E-state index contributed by atoms with van der Waals surface area (Å²) < 4.78 is 11.1. The summed E-state index contributed by atoms with van der Waals surface area (Å²) in [6, 6.07) is 5.13. The predicted octanol–water partition coefficient (Wildman–Crippen LogP) is 3.00. The van der Waals surface area contributed by atoms with E-state index in [9.17, 15) is 9.90 Å². The number of anilines is 1. The average molecular weight is 475 g/mol. The first-order valence-corrected chi connectivity index (χ1v) is 11.9. The average Bonchev–Trinajstić information content (AvgIpc) is 3.22. The number of aromatic nitrogens is 2. The summed E-state index contributed by atoms with van der Waals surface area (Å²) in [4.78, 5) is 23.3. The third-order valence-electron chi connectivity index (χ3n) is 6.34. The van der Waals surface area contributed by atoms with Crippen LogP contribution in [0.4, 0.5) is 5.95 Å². The normalized spacial score (nSPS) is 21.2. The van der Waals surface area contributed by atoms with Gasteiger partial charge in [0, 0.05) is 18.7 Å². The number of ether oxygens (including phenoxy) is 2. The molecule has 0 bridgehead atoms. The van der Waals surface area contributed by atoms with Crippen LogP contribution in [-0.2, 0) is 4.74 Å². The number of carbonyl (C=O) groups is 1. The molecule has 0 aliphatic carbocycles. The minimum absolute atomic E-state index is 0.205. The molecule has 2 N–H and O–H groups in total. The van der Waals surface area contributed by atoms with Gasteiger partial charge in [-0.05, 0) is 62.3 Å². The van der Waals surface area contributed by atoms with E-state index >= 15 is 0 Å². The predicted molar refractivity (Wildman–Crippen MR) is 126 cm³/mol. The van der Waals surface area contributed by atoms with E-state index < -0.39 is 6.10 Å². The monoisotopic (exact) mass is 474 g/mol. The van der Waals surface area contributed by atoms with Crippen LogP contribution in [0.15, 0.2) is 30.6 Å². The quantitative estimate of drug-likeness (QED) is 0.567. The fourth-order valence-corrected chi connectivity index (χ4v) is 4.46. The molecule has 2 unspecified atom stereocenters. The van der Waals surface area contributed by atoms with Crippen molar-refractivity contribution in [1.29, 1.82) is 0 Å². The molecule has 2 aliphatic rings. The Bertz CT molecular complexity index is 935. The van der Waals surface area contributed by atoms with Crippen LogP contribution in [0.2, 0.25) is 5.02 Å². The first-order chi connectivity index (χ1) is 16.0. The third kappa shape index (κ3) is 6.34. The van der Waals surface area contributed by atoms with Crippen LogP contribution in [0, 0.1) is 12.8 Å². The molecule has 178 valence electrons. The molecule has 2 aromatic rings. The van der Waals surface area contributed by atoms with E-state index in [0.717, 1.165) is 56.0 Å². The van der Waals surface area contributed by atoms with Gasteiger partial charge in [-0.1, -0.05) is 11.6 Å². The van der Waals surface area contributed by atoms with Crippen LogP contribution in [0.3, 0.4) is 0 Å². The SMILES string of the molecule is Cc1cc(OCCCC2CCN(c3ncc(Cl)cn3)CC2)ccc1C(=O)NC1COCC1O. The molecule has 2 aliphatic heterocycles. The molecule has 2 saturated heterocycles. The zero-order valence-corrected chi connectivity index (χ0v) is 19.6. The largest absolute Gasteiger partial charge is 0.494 e. The minimum atomic E-state index is -0.658. The van der Waals surface area contributed by atoms with E-state index in [1.54, 1.807) is 18.5 Å². The van der Waals surface area contributed by atoms with Gasteiger partial charge < -0.3 is 24.8 Å². The summed E-state index contributed by atoms with van der Waals surface area (Å²) in [7, 11) is 0. The van der Waals surface area contributed by atoms with Crippen molar-refractivity contribution >= 4 is 23.5 Å². The van der Waals surface area contributed by atoms with Crippen LogP contribution in [-0.4, -0.2) is 66.0 Å². The van der Waals surface area contributed by atoms with E-state index in [1.807, 2.05) is 19.1 Å². The van der Waals surface area contributed by atoms with Gasteiger partial charge in [0.05, 0.1) is 49.4 Å². The molecule has 2 fully saturated rings. The Balaban J connectivity index is 1.17. The number of hydrogen-bond acceptors (Lipinski definition) is 7. The lowest BCUT2D eigenvalue weighted by Gasteiger charge is -2.31. The number of aliphatic hydroxyl groups excluding tert-OH is 1. The van der Waals surface area contributed by atoms with Crippen LogP contribution < -0.4 is 15.0 Å². The van der Waals surface area contributed by atoms with Crippen molar-refractivity contribution in [2.24, 2.45) is 5.92 Å². The number of rotatable bonds is 8. The van der Waals surface area contributed by atoms with Crippen LogP contribution in [0.1, 0.15) is 41.6 Å². The smallest absolute Gasteiger partial charge is 0.251 e. The van der Waals surface area contributed by atoms with Gasteiger partial charge in [-0.15, -0.1) is 0 Å². The zero-order chi connectivity index (χ0) is 23.2. The standard InChI is InChI=1S/C24H31ClN4O4/c1-16-11-19(4-5-20(16)23(31)28-21-14-32-15-22(21)30)33-10-2-3-17-6-8-29(9-7-17)24-26-12-18(25)13-27-24/h4-5,11-13,17,21-22,30H,2-3,6-10,14-15H2,1H3,(H,28,31). The number of halogens is 1. The summed E-state index contributed by atoms with van der Waals surface area (Å²) in [5, 5.41) is 13.2. The van der Waals surface area contributed by atoms with Gasteiger partial charge in [0.15, 0.2) is 0 Å². The van der Waals surface area contributed by atoms with Gasteiger partial charge in [-0.3, -0.25) is 4.79 Å². The van der Waals surface area contributed by atoms with Crippen molar-refractivity contribution in [2.45, 2.75) is 44.8 Å². The molecule has 0 spiro atoms. The molecule has 0 saturated carbocycles. The number of hydrogen-bond donors (Lipinski definition) is 2. The van der Waals surface area contributed by atoms with Gasteiger partial charge in [0.1, 0.15) is 5.75 Å². The van der Waals surface area contributed by atoms with Crippen molar-refractivity contribution in [3.05, 3.63) is 46.7 Å². The Labute approximate surface area is 199 Å². The van der Waals surface area contributed by atoms with Crippen molar-refractivity contribution in [1.82, 2.24) is 15.3 Å². The number of piperidine rings is 1. The van der Waals surface area contributed by atoms with E-state index in [2.05, 4.69) is 20.2 Å². The fraction of sp³-hybridized carbons (Fsp3) is 0.542. The molecule has 8 nitrogen and oxygen atoms in total. The first-order valence-electron chi connectivity index (χ1n) is 11.5. The summed E-state index contributed by atoms with van der Waals surface area (Å²) in [5.74, 6) is 1.99. The van der Waals surface area contributed by atoms with Crippen molar-refractivity contribution < 1.29 is 19.4 Å². The molecule has 1 aromatic carbocycles. The van der Waals surface area contributed by atoms with Crippen LogP contribution in [0.5, 0.6) is 5.75 Å². The molecule has 3 heterocycles. The molecule has 0 radical (unpaired) electrons. The maximum absolute atomic E-state index is 12.5. The highest BCUT2D eigenvalue weighted by Crippen LogP contribution is 2.25. The van der Waals surface area contributed by atoms with E-state index in [-0.39, 0.29) is 18.6 Å². The number of amides is 1. The van der Waals surface area contributed by atoms with Gasteiger partial charge in [-0.2, -0.15) is 0 Å². The molecular formula is C24H31ClN4O4. The number of aliphatic hydroxyl groups is 1. The second-order valence-corrected chi connectivity index (χ2v) is 9.22. The lowest BCUT2D eigenvalue weighted by Crippen LogP contribution is -2.42. The molecule has 33 heavy (non-hydrogen) atoms. The number of nitrogens with one attached hydrogen (secondary N) is 1. The highest BCUT2D eigenvalue weighted by atomic mass is 35.5. The lowest BCUT2D eigenvalue weighted by atomic mass is 9.92. The van der Waals surface area contributed by atoms with Crippen LogP contribution in [0.25, 0.3) is 0 Å². The Morgan fingerprint density at radius 3 is 2.70 bits per heavy atom. The maximum atomic E-state index is 12.5. The maximum Gasteiger partial charge on any atom is 0.251 e. The summed E-state index contributed by atoms with van der Waals surface area (Å²) >= 11 is 5.87. The molecular weight excluding hydrogens is 444 g/mol. The second kappa shape index (κ2) is 11.1. The van der Waals surface area contributed by atoms with E-state index in [1.165, 1.54) is 0 Å². The number of carbonyl (C=O) groups excluding carboxylic acids is 1. The number of benzene rings is 1. The van der Waals surface area contributed by atoms with E-state index in [0.29, 0.717) is 29.7 Å². The van der Waals surface area contributed by atoms with E-state index in [4.69, 9.17) is 21.1 Å². The summed E-state index contributed by atoms with van der Waals surface area (Å²) in [5.41, 5.74) is 1.42.